The third-order valence-corrected chi connectivity index (χ3v) is 5.80. The second-order valence-corrected chi connectivity index (χ2v) is 8.12. The predicted octanol–water partition coefficient (Wildman–Crippen LogP) is 4.00. The fourth-order valence-electron chi connectivity index (χ4n) is 4.14. The summed E-state index contributed by atoms with van der Waals surface area (Å²) in [5, 5.41) is 8.92. The second-order valence-electron chi connectivity index (χ2n) is 8.12. The highest BCUT2D eigenvalue weighted by Crippen LogP contribution is 2.35. The minimum Gasteiger partial charge on any atom is -0.441 e. The maximum Gasteiger partial charge on any atom is 0.410 e. The van der Waals surface area contributed by atoms with Gasteiger partial charge in [-0.2, -0.15) is 18.4 Å². The van der Waals surface area contributed by atoms with Gasteiger partial charge in [-0.25, -0.2) is 9.78 Å². The number of nitriles is 1. The maximum absolute atomic E-state index is 12.7. The summed E-state index contributed by atoms with van der Waals surface area (Å²) >= 11 is 0. The normalized spacial score (nSPS) is 17.8. The molecule has 0 aliphatic carbocycles. The first-order valence-corrected chi connectivity index (χ1v) is 10.0. The number of aromatic nitrogens is 2. The zero-order chi connectivity index (χ0) is 22.1. The lowest BCUT2D eigenvalue weighted by Gasteiger charge is -2.37. The number of piperidine rings is 1. The maximum atomic E-state index is 12.7. The summed E-state index contributed by atoms with van der Waals surface area (Å²) in [4.78, 5) is 19.1. The molecule has 4 rings (SSSR count). The number of imidazole rings is 1. The quantitative estimate of drug-likeness (QED) is 0.613. The number of hydrogen-bond acceptors (Lipinski definition) is 5. The molecule has 180 valence electrons. The molecular weight excluding hydrogens is 482 g/mol. The number of nitrogens with zero attached hydrogens (tertiary/aromatic N) is 5. The summed E-state index contributed by atoms with van der Waals surface area (Å²) in [6, 6.07) is 9.48. The van der Waals surface area contributed by atoms with E-state index in [-0.39, 0.29) is 31.4 Å². The Labute approximate surface area is 201 Å². The molecule has 0 saturated carbocycles. The Morgan fingerprint density at radius 1 is 1.12 bits per heavy atom. The lowest BCUT2D eigenvalue weighted by atomic mass is 9.91. The average Bonchev–Trinajstić information content (AvgIpc) is 3.27. The van der Waals surface area contributed by atoms with Gasteiger partial charge < -0.3 is 9.30 Å². The first kappa shape index (κ1) is 26.8. The van der Waals surface area contributed by atoms with Gasteiger partial charge in [0.15, 0.2) is 0 Å². The number of hydrogen-bond donors (Lipinski definition) is 0. The Morgan fingerprint density at radius 3 is 2.39 bits per heavy atom. The summed E-state index contributed by atoms with van der Waals surface area (Å²) in [6.07, 6.45) is -0.764. The van der Waals surface area contributed by atoms with Crippen LogP contribution in [0.4, 0.5) is 18.0 Å². The summed E-state index contributed by atoms with van der Waals surface area (Å²) in [6.45, 7) is 1.22. The highest BCUT2D eigenvalue weighted by Gasteiger charge is 2.49. The highest BCUT2D eigenvalue weighted by molar-refractivity contribution is 5.85. The standard InChI is InChI=1S/C21H22F3N5O2.2ClH/c22-21(23,24)14-29-13-20(31-19(29)30)5-7-27(8-6-20)12-18-10-26-15-28(18)11-17-3-1-16(9-25)2-4-17;;/h1-4,10,15H,5-8,11-14H2;2*1H. The summed E-state index contributed by atoms with van der Waals surface area (Å²) in [5.41, 5.74) is 1.85. The van der Waals surface area contributed by atoms with Crippen LogP contribution in [-0.4, -0.2) is 63.4 Å². The van der Waals surface area contributed by atoms with Crippen LogP contribution in [0, 0.1) is 11.3 Å². The van der Waals surface area contributed by atoms with Crippen molar-refractivity contribution in [3.05, 3.63) is 53.6 Å². The third kappa shape index (κ3) is 6.53. The van der Waals surface area contributed by atoms with Crippen molar-refractivity contribution in [3.63, 3.8) is 0 Å². The van der Waals surface area contributed by atoms with Crippen LogP contribution < -0.4 is 0 Å². The molecule has 0 bridgehead atoms. The molecule has 7 nitrogen and oxygen atoms in total. The Balaban J connectivity index is 0.00000193. The number of rotatable bonds is 5. The molecule has 1 aromatic carbocycles. The molecule has 0 unspecified atom stereocenters. The van der Waals surface area contributed by atoms with Gasteiger partial charge in [0.05, 0.1) is 30.2 Å². The molecule has 2 aliphatic heterocycles. The van der Waals surface area contributed by atoms with E-state index in [1.807, 2.05) is 16.7 Å². The molecule has 2 aliphatic rings. The van der Waals surface area contributed by atoms with E-state index >= 15 is 0 Å². The third-order valence-electron chi connectivity index (χ3n) is 5.80. The fraction of sp³-hybridized carbons (Fsp3) is 0.476. The smallest absolute Gasteiger partial charge is 0.410 e. The molecule has 12 heteroatoms. The number of likely N-dealkylation sites (tertiary alicyclic amines) is 1. The minimum atomic E-state index is -4.43. The van der Waals surface area contributed by atoms with Crippen molar-refractivity contribution in [2.24, 2.45) is 0 Å². The predicted molar refractivity (Wildman–Crippen MR) is 118 cm³/mol. The number of benzene rings is 1. The van der Waals surface area contributed by atoms with Crippen LogP contribution in [0.2, 0.25) is 0 Å². The molecule has 0 atom stereocenters. The molecule has 2 saturated heterocycles. The fourth-order valence-corrected chi connectivity index (χ4v) is 4.14. The number of carbonyl (C=O) groups is 1. The van der Waals surface area contributed by atoms with Crippen LogP contribution in [0.5, 0.6) is 0 Å². The van der Waals surface area contributed by atoms with E-state index in [0.717, 1.165) is 16.2 Å². The Hall–Kier alpha value is -2.48. The molecule has 2 fully saturated rings. The van der Waals surface area contributed by atoms with E-state index in [2.05, 4.69) is 16.0 Å². The van der Waals surface area contributed by atoms with E-state index in [9.17, 15) is 18.0 Å². The lowest BCUT2D eigenvalue weighted by molar-refractivity contribution is -0.139. The first-order chi connectivity index (χ1) is 14.8. The Kier molecular flexibility index (Phi) is 8.63. The topological polar surface area (TPSA) is 74.4 Å². The van der Waals surface area contributed by atoms with Crippen molar-refractivity contribution < 1.29 is 22.7 Å². The van der Waals surface area contributed by atoms with Crippen molar-refractivity contribution in [2.75, 3.05) is 26.2 Å². The second kappa shape index (κ2) is 10.6. The number of amides is 1. The monoisotopic (exact) mass is 505 g/mol. The zero-order valence-corrected chi connectivity index (χ0v) is 19.3. The molecular formula is C21H24Cl2F3N5O2. The Bertz CT molecular complexity index is 983. The van der Waals surface area contributed by atoms with Gasteiger partial charge in [-0.1, -0.05) is 12.1 Å². The van der Waals surface area contributed by atoms with E-state index in [1.165, 1.54) is 0 Å². The molecule has 1 aromatic heterocycles. The van der Waals surface area contributed by atoms with Gasteiger partial charge in [-0.05, 0) is 17.7 Å². The Morgan fingerprint density at radius 2 is 1.79 bits per heavy atom. The molecule has 3 heterocycles. The molecule has 2 aromatic rings. The van der Waals surface area contributed by atoms with Crippen LogP contribution in [0.15, 0.2) is 36.8 Å². The minimum absolute atomic E-state index is 0. The number of ether oxygens (including phenoxy) is 1. The van der Waals surface area contributed by atoms with E-state index in [1.54, 1.807) is 24.7 Å². The van der Waals surface area contributed by atoms with Crippen molar-refractivity contribution in [1.82, 2.24) is 19.4 Å². The number of alkyl halides is 3. The van der Waals surface area contributed by atoms with Gasteiger partial charge in [0.1, 0.15) is 12.1 Å². The SMILES string of the molecule is Cl.Cl.N#Cc1ccc(Cn2cncc2CN2CCC3(CC2)CN(CC(F)(F)F)C(=O)O3)cc1. The largest absolute Gasteiger partial charge is 0.441 e. The molecule has 1 amide bonds. The van der Waals surface area contributed by atoms with Gasteiger partial charge in [0, 0.05) is 45.2 Å². The van der Waals surface area contributed by atoms with E-state index in [0.29, 0.717) is 44.6 Å². The molecule has 33 heavy (non-hydrogen) atoms. The van der Waals surface area contributed by atoms with Crippen LogP contribution in [0.3, 0.4) is 0 Å². The zero-order valence-electron chi connectivity index (χ0n) is 17.6. The summed E-state index contributed by atoms with van der Waals surface area (Å²) < 4.78 is 45.4. The van der Waals surface area contributed by atoms with Crippen LogP contribution in [0.25, 0.3) is 0 Å². The van der Waals surface area contributed by atoms with Gasteiger partial charge in [-0.15, -0.1) is 24.8 Å². The van der Waals surface area contributed by atoms with Crippen LogP contribution >= 0.6 is 24.8 Å². The van der Waals surface area contributed by atoms with Crippen LogP contribution in [-0.2, 0) is 17.8 Å². The van der Waals surface area contributed by atoms with Crippen molar-refractivity contribution in [2.45, 2.75) is 37.7 Å². The molecule has 0 radical (unpaired) electrons. The van der Waals surface area contributed by atoms with Gasteiger partial charge in [0.25, 0.3) is 0 Å². The van der Waals surface area contributed by atoms with Crippen molar-refractivity contribution >= 4 is 30.9 Å². The van der Waals surface area contributed by atoms with Crippen molar-refractivity contribution in [1.29, 1.82) is 5.26 Å². The molecule has 1 spiro atoms. The van der Waals surface area contributed by atoms with Gasteiger partial charge in [0.2, 0.25) is 0 Å². The highest BCUT2D eigenvalue weighted by atomic mass is 35.5. The van der Waals surface area contributed by atoms with Crippen molar-refractivity contribution in [3.8, 4) is 6.07 Å². The molecule has 0 N–H and O–H groups in total. The summed E-state index contributed by atoms with van der Waals surface area (Å²) in [5.74, 6) is 0. The van der Waals surface area contributed by atoms with E-state index < -0.39 is 24.4 Å². The van der Waals surface area contributed by atoms with Gasteiger partial charge in [-0.3, -0.25) is 9.80 Å². The number of carbonyl (C=O) groups excluding carboxylic acids is 1. The average molecular weight is 506 g/mol. The van der Waals surface area contributed by atoms with Crippen LogP contribution in [0.1, 0.15) is 29.7 Å². The number of halogens is 5. The summed E-state index contributed by atoms with van der Waals surface area (Å²) in [7, 11) is 0. The van der Waals surface area contributed by atoms with Gasteiger partial charge >= 0.3 is 12.3 Å². The first-order valence-electron chi connectivity index (χ1n) is 10.0. The van der Waals surface area contributed by atoms with E-state index in [4.69, 9.17) is 10.00 Å². The lowest BCUT2D eigenvalue weighted by Crippen LogP contribution is -2.47.